The molecule has 115 heavy (non-hydrogen) atoms. The van der Waals surface area contributed by atoms with Crippen LogP contribution in [0.3, 0.4) is 0 Å². The molecule has 40 nitrogen and oxygen atoms in total. The quantitative estimate of drug-likeness (QED) is 0.00774. The number of aliphatic imine (C=N–C) groups is 13. The van der Waals surface area contributed by atoms with Crippen LogP contribution in [0.4, 0.5) is 4.39 Å². The van der Waals surface area contributed by atoms with Gasteiger partial charge in [-0.15, -0.1) is 0 Å². The second-order valence-electron chi connectivity index (χ2n) is 27.0. The van der Waals surface area contributed by atoms with Crippen molar-refractivity contribution in [2.24, 2.45) is 89.5 Å². The van der Waals surface area contributed by atoms with E-state index in [2.05, 4.69) is 110 Å². The SMILES string of the molecule is CCC(C)C(N=C(C)O)C(O)=NC(CS)C(O)=NC(C(O)=NC(Cc1cn(C)c2ccccc12)C(O)=NC(CCC(=N)O)C(O)=NC(CC(=O)O)C(O)=NC(Cc1c[nH]c2ccc(F)cc12)C(O)=NCC(O)=NC(C)C(O)=NC(Cc1cnc[nH]1)C(O)=NC(CCCNC(=N)N)C(O)=NC(CS)C(O)=NC(C(=O)O)C(C)O)C(C)C. The molecule has 0 spiro atoms. The Kier molecular flexibility index (Phi) is 36.8. The fourth-order valence-corrected chi connectivity index (χ4v) is 11.8. The average Bonchev–Trinajstić information content (AvgIpc) is 1.67. The summed E-state index contributed by atoms with van der Waals surface area (Å²) in [5, 5.41) is 208. The number of halogens is 1. The first kappa shape index (κ1) is 93.7. The molecule has 5 rings (SSSR count). The topological polar surface area (TPSA) is 674 Å². The number of nitrogens with one attached hydrogen (secondary N) is 5. The third-order valence-electron chi connectivity index (χ3n) is 17.6. The van der Waals surface area contributed by atoms with Gasteiger partial charge in [0.25, 0.3) is 0 Å². The summed E-state index contributed by atoms with van der Waals surface area (Å²) in [6.07, 6.45) is 1.34. The lowest BCUT2D eigenvalue weighted by molar-refractivity contribution is -0.141. The second-order valence-corrected chi connectivity index (χ2v) is 27.8. The first-order valence-corrected chi connectivity index (χ1v) is 37.4. The zero-order chi connectivity index (χ0) is 85.7. The summed E-state index contributed by atoms with van der Waals surface area (Å²) >= 11 is 8.45. The van der Waals surface area contributed by atoms with Gasteiger partial charge in [-0.3, -0.25) is 15.6 Å². The van der Waals surface area contributed by atoms with Crippen molar-refractivity contribution in [1.82, 2.24) is 24.8 Å². The molecule has 0 radical (unpaired) electrons. The zero-order valence-corrected chi connectivity index (χ0v) is 66.0. The lowest BCUT2D eigenvalue weighted by Crippen LogP contribution is -2.35. The summed E-state index contributed by atoms with van der Waals surface area (Å²) in [5.74, 6) is -17.9. The molecular formula is C72H102FN21O19S2. The van der Waals surface area contributed by atoms with E-state index in [4.69, 9.17) is 16.6 Å². The van der Waals surface area contributed by atoms with E-state index in [0.29, 0.717) is 28.6 Å². The van der Waals surface area contributed by atoms with Gasteiger partial charge < -0.3 is 112 Å². The zero-order valence-electron chi connectivity index (χ0n) is 64.2. The molecule has 0 bridgehead atoms. The summed E-state index contributed by atoms with van der Waals surface area (Å²) in [4.78, 5) is 87.9. The van der Waals surface area contributed by atoms with Crippen LogP contribution in [-0.2, 0) is 35.9 Å². The van der Waals surface area contributed by atoms with Gasteiger partial charge in [0.05, 0.1) is 18.9 Å². The molecule has 24 N–H and O–H groups in total. The van der Waals surface area contributed by atoms with Crippen molar-refractivity contribution in [3.05, 3.63) is 90.0 Å². The van der Waals surface area contributed by atoms with Gasteiger partial charge in [-0.05, 0) is 80.3 Å². The fourth-order valence-electron chi connectivity index (χ4n) is 11.3. The number of aromatic amines is 2. The van der Waals surface area contributed by atoms with Crippen LogP contribution in [0.5, 0.6) is 0 Å². The normalized spacial score (nSPS) is 17.8. The number of aliphatic hydroxyl groups excluding tert-OH is 15. The second kappa shape index (κ2) is 45.1. The lowest BCUT2D eigenvalue weighted by Gasteiger charge is -2.21. The summed E-state index contributed by atoms with van der Waals surface area (Å²) < 4.78 is 16.6. The highest BCUT2D eigenvalue weighted by atomic mass is 32.1. The number of aromatic nitrogens is 4. The lowest BCUT2D eigenvalue weighted by atomic mass is 9.99. The van der Waals surface area contributed by atoms with Gasteiger partial charge in [-0.25, -0.2) is 79.1 Å². The third kappa shape index (κ3) is 29.2. The fraction of sp³-hybridized carbons (Fsp3) is 0.500. The molecule has 43 heteroatoms. The standard InChI is InChI=1S/C72H102FN21O19S2/c1-9-34(4)58(83-37(7)96)70(111)91-52(31-115)67(108)92-57(33(2)3)69(110)89-48(22-39-29-94(8)53-15-11-10-13-42(39)53)64(105)85-46(18-19-54(74)97)63(104)88-50(25-56(99)100)66(107)87-47(21-38-26-79-44-17-16-40(73)23-43(38)44)61(102)80-28-55(98)82-35(5)60(101)86-49(24-41-27-77-32-81-41)65(106)84-45(14-12-20-78-72(75)76)62(103)90-51(30-114)68(109)93-59(36(6)95)71(112)113/h10-11,13,15-17,23,26-27,29,32-36,45-52,57-59,79,95,114-115H,9,12,14,18-22,24-25,28,30-31H2,1-8H3,(H2,74,97)(H,77,81)(H,80,102)(H,82,98)(H,83,96)(H,84,106)(H,85,105)(H,86,101)(H,87,107)(H,88,104)(H,89,110)(H,90,103)(H,91,111)(H,92,108)(H,93,109)(H,99,100)(H,112,113)(H4,75,76,78). The molecule has 628 valence electrons. The summed E-state index contributed by atoms with van der Waals surface area (Å²) in [7, 11) is 1.75. The van der Waals surface area contributed by atoms with Gasteiger partial charge in [0, 0.05) is 104 Å². The minimum Gasteiger partial charge on any atom is -0.497 e. The van der Waals surface area contributed by atoms with Crippen molar-refractivity contribution in [3.63, 3.8) is 0 Å². The molecule has 0 saturated carbocycles. The number of fused-ring (bicyclic) bond motifs is 2. The number of hydrogen-bond acceptors (Lipinski definition) is 21. The summed E-state index contributed by atoms with van der Waals surface area (Å²) in [5.41, 5.74) is 7.64. The van der Waals surface area contributed by atoms with Crippen LogP contribution in [0.2, 0.25) is 0 Å². The number of carboxylic acid groups (broad SMARTS) is 2. The molecule has 0 aliphatic heterocycles. The van der Waals surface area contributed by atoms with E-state index in [1.165, 1.54) is 38.6 Å². The first-order valence-electron chi connectivity index (χ1n) is 36.1. The maximum absolute atomic E-state index is 14.8. The molecule has 2 aromatic carbocycles. The van der Waals surface area contributed by atoms with Crippen molar-refractivity contribution in [3.8, 4) is 0 Å². The van der Waals surface area contributed by atoms with E-state index >= 15 is 0 Å². The van der Waals surface area contributed by atoms with Crippen molar-refractivity contribution >= 4 is 148 Å². The molecule has 3 heterocycles. The van der Waals surface area contributed by atoms with E-state index in [-0.39, 0.29) is 66.5 Å². The van der Waals surface area contributed by atoms with Crippen LogP contribution in [0.25, 0.3) is 21.8 Å². The van der Waals surface area contributed by atoms with Gasteiger partial charge in [-0.1, -0.05) is 52.3 Å². The number of thiol groups is 2. The van der Waals surface area contributed by atoms with Crippen LogP contribution in [0.15, 0.2) is 132 Å². The molecule has 14 atom stereocenters. The Hall–Kier alpha value is -11.9. The van der Waals surface area contributed by atoms with Gasteiger partial charge >= 0.3 is 11.9 Å². The summed E-state index contributed by atoms with van der Waals surface area (Å²) in [6.45, 7) is 9.61. The predicted molar refractivity (Wildman–Crippen MR) is 446 cm³/mol. The monoisotopic (exact) mass is 1650 g/mol. The average molecular weight is 1650 g/mol. The number of aryl methyl sites for hydroxylation is 1. The number of rotatable bonds is 47. The Morgan fingerprint density at radius 3 is 1.69 bits per heavy atom. The Morgan fingerprint density at radius 2 is 1.12 bits per heavy atom. The Balaban J connectivity index is 1.60. The molecule has 0 aliphatic rings. The van der Waals surface area contributed by atoms with E-state index in [1.807, 2.05) is 13.0 Å². The smallest absolute Gasteiger partial charge is 0.331 e. The molecule has 0 saturated heterocycles. The number of carboxylic acids is 2. The molecule has 3 aromatic heterocycles. The minimum atomic E-state index is -2.10. The molecule has 0 fully saturated rings. The van der Waals surface area contributed by atoms with Crippen LogP contribution in [-0.4, -0.2) is 310 Å². The number of nitrogens with two attached hydrogens (primary N) is 1. The number of para-hydroxylation sites is 1. The van der Waals surface area contributed by atoms with Crippen molar-refractivity contribution in [1.29, 1.82) is 10.8 Å². The van der Waals surface area contributed by atoms with E-state index in [9.17, 15) is 101 Å². The van der Waals surface area contributed by atoms with E-state index in [0.717, 1.165) is 24.6 Å². The van der Waals surface area contributed by atoms with Gasteiger partial charge in [0.2, 0.25) is 70.8 Å². The number of carbonyl (C=O) groups is 2. The van der Waals surface area contributed by atoms with Crippen molar-refractivity contribution < 1.29 is 101 Å². The van der Waals surface area contributed by atoms with E-state index in [1.54, 1.807) is 56.8 Å². The van der Waals surface area contributed by atoms with Gasteiger partial charge in [0.15, 0.2) is 23.8 Å². The first-order chi connectivity index (χ1) is 54.2. The minimum absolute atomic E-state index is 0.0423. The molecule has 0 amide bonds. The highest BCUT2D eigenvalue weighted by Gasteiger charge is 2.33. The number of aliphatic carboxylic acids is 2. The van der Waals surface area contributed by atoms with Crippen LogP contribution < -0.4 is 11.1 Å². The molecule has 14 unspecified atom stereocenters. The molecular weight excluding hydrogens is 1550 g/mol. The van der Waals surface area contributed by atoms with Crippen molar-refractivity contribution in [2.75, 3.05) is 24.6 Å². The Morgan fingerprint density at radius 1 is 0.600 bits per heavy atom. The summed E-state index contributed by atoms with van der Waals surface area (Å²) in [6, 6.07) is -8.14. The number of hydrogen-bond donors (Lipinski definition) is 25. The number of guanidine groups is 1. The largest absolute Gasteiger partial charge is 0.497 e. The maximum atomic E-state index is 14.8. The van der Waals surface area contributed by atoms with Crippen LogP contribution >= 0.6 is 25.3 Å². The third-order valence-corrected chi connectivity index (χ3v) is 18.2. The number of imidazole rings is 1. The highest BCUT2D eigenvalue weighted by molar-refractivity contribution is 7.80. The van der Waals surface area contributed by atoms with Crippen LogP contribution in [0, 0.1) is 28.5 Å². The number of aliphatic hydroxyl groups is 15. The van der Waals surface area contributed by atoms with E-state index < -0.39 is 217 Å². The number of benzene rings is 2. The molecule has 0 aliphatic carbocycles. The number of H-pyrrole nitrogens is 2. The highest BCUT2D eigenvalue weighted by Crippen LogP contribution is 2.27. The Bertz CT molecular complexity index is 4550. The number of nitrogens with zero attached hydrogens (tertiary/aromatic N) is 15. The van der Waals surface area contributed by atoms with Crippen LogP contribution in [0.1, 0.15) is 104 Å². The molecule has 5 aromatic rings. The Labute approximate surface area is 670 Å². The predicted octanol–water partition coefficient (Wildman–Crippen LogP) is 7.53. The maximum Gasteiger partial charge on any atom is 0.331 e. The van der Waals surface area contributed by atoms with Gasteiger partial charge in [0.1, 0.15) is 78.8 Å². The van der Waals surface area contributed by atoms with Crippen molar-refractivity contribution in [2.45, 2.75) is 185 Å². The van der Waals surface area contributed by atoms with Gasteiger partial charge in [-0.2, -0.15) is 25.3 Å².